The highest BCUT2D eigenvalue weighted by molar-refractivity contribution is 6.04. The molecule has 0 radical (unpaired) electrons. The van der Waals surface area contributed by atoms with E-state index in [0.29, 0.717) is 5.56 Å². The summed E-state index contributed by atoms with van der Waals surface area (Å²) >= 11 is 0. The Kier molecular flexibility index (Phi) is 5.00. The Morgan fingerprint density at radius 3 is 2.76 bits per heavy atom. The van der Waals surface area contributed by atoms with E-state index in [4.69, 9.17) is 0 Å². The number of nitrogens with one attached hydrogen (secondary N) is 1. The zero-order valence-corrected chi connectivity index (χ0v) is 15.8. The second-order valence-corrected chi connectivity index (χ2v) is 7.30. The smallest absolute Gasteiger partial charge is 0.322 e. The van der Waals surface area contributed by atoms with Crippen LogP contribution < -0.4 is 5.32 Å². The molecule has 4 rings (SSSR count). The zero-order chi connectivity index (χ0) is 20.6. The molecule has 29 heavy (non-hydrogen) atoms. The maximum absolute atomic E-state index is 12.9. The van der Waals surface area contributed by atoms with Crippen molar-refractivity contribution in [3.63, 3.8) is 0 Å². The van der Waals surface area contributed by atoms with Gasteiger partial charge in [0.05, 0.1) is 5.56 Å². The van der Waals surface area contributed by atoms with E-state index >= 15 is 0 Å². The fraction of sp³-hybridized carbons (Fsp3) is 0.273. The lowest BCUT2D eigenvalue weighted by Crippen LogP contribution is -2.21. The van der Waals surface area contributed by atoms with E-state index in [9.17, 15) is 18.0 Å². The predicted molar refractivity (Wildman–Crippen MR) is 106 cm³/mol. The Morgan fingerprint density at radius 2 is 2.03 bits per heavy atom. The Morgan fingerprint density at radius 1 is 1.21 bits per heavy atom. The number of amides is 1. The summed E-state index contributed by atoms with van der Waals surface area (Å²) in [4.78, 5) is 19.1. The first-order valence-electron chi connectivity index (χ1n) is 9.36. The van der Waals surface area contributed by atoms with Crippen molar-refractivity contribution in [2.75, 3.05) is 11.9 Å². The second kappa shape index (κ2) is 7.48. The highest BCUT2D eigenvalue weighted by Crippen LogP contribution is 2.40. The molecule has 4 nitrogen and oxygen atoms in total. The first-order valence-corrected chi connectivity index (χ1v) is 9.36. The first kappa shape index (κ1) is 19.4. The van der Waals surface area contributed by atoms with Crippen LogP contribution in [0.3, 0.4) is 0 Å². The summed E-state index contributed by atoms with van der Waals surface area (Å²) in [6, 6.07) is 10.5. The van der Waals surface area contributed by atoms with Crippen LogP contribution in [0.2, 0.25) is 0 Å². The topological polar surface area (TPSA) is 44.5 Å². The number of anilines is 1. The minimum absolute atomic E-state index is 0.116. The standard InChI is InChI=1S/C22H20F3N3O/c1-14-7-8-15(10-19(14)20-13-28(20)18-6-3-9-26-12-18)21(29)27-17-5-2-4-16(11-17)22(23,24)25/h2-5,7-12,18,20H,6,13H2,1H3,(H,27,29). The number of carbonyl (C=O) groups excluding carboxylic acids is 1. The fourth-order valence-corrected chi connectivity index (χ4v) is 3.61. The van der Waals surface area contributed by atoms with Gasteiger partial charge in [0.1, 0.15) is 0 Å². The number of hydrogen-bond acceptors (Lipinski definition) is 3. The third kappa shape index (κ3) is 4.24. The van der Waals surface area contributed by atoms with Gasteiger partial charge in [0, 0.05) is 42.3 Å². The van der Waals surface area contributed by atoms with Gasteiger partial charge in [0.2, 0.25) is 0 Å². The molecule has 3 unspecified atom stereocenters. The monoisotopic (exact) mass is 399 g/mol. The molecule has 2 aromatic rings. The first-order chi connectivity index (χ1) is 13.8. The van der Waals surface area contributed by atoms with Gasteiger partial charge in [-0.1, -0.05) is 18.2 Å². The van der Waals surface area contributed by atoms with Gasteiger partial charge < -0.3 is 5.32 Å². The summed E-state index contributed by atoms with van der Waals surface area (Å²) in [7, 11) is 0. The van der Waals surface area contributed by atoms with Crippen molar-refractivity contribution in [2.24, 2.45) is 4.99 Å². The van der Waals surface area contributed by atoms with Crippen LogP contribution >= 0.6 is 0 Å². The van der Waals surface area contributed by atoms with Gasteiger partial charge in [-0.3, -0.25) is 14.7 Å². The predicted octanol–water partition coefficient (Wildman–Crippen LogP) is 4.98. The number of nitrogens with zero attached hydrogens (tertiary/aromatic N) is 2. The summed E-state index contributed by atoms with van der Waals surface area (Å²) in [5.41, 5.74) is 1.88. The molecule has 0 saturated carbocycles. The molecule has 1 saturated heterocycles. The average Bonchev–Trinajstić information content (AvgIpc) is 3.49. The van der Waals surface area contributed by atoms with Crippen LogP contribution in [-0.4, -0.2) is 29.6 Å². The molecular weight excluding hydrogens is 379 g/mol. The lowest BCUT2D eigenvalue weighted by molar-refractivity contribution is -0.137. The van der Waals surface area contributed by atoms with Gasteiger partial charge in [0.15, 0.2) is 0 Å². The minimum atomic E-state index is -4.45. The number of hydrogen-bond donors (Lipinski definition) is 1. The number of carbonyl (C=O) groups is 1. The number of rotatable bonds is 4. The van der Waals surface area contributed by atoms with E-state index in [1.54, 1.807) is 12.3 Å². The molecule has 2 aliphatic heterocycles. The molecule has 0 spiro atoms. The van der Waals surface area contributed by atoms with Gasteiger partial charge in [-0.2, -0.15) is 13.2 Å². The number of aliphatic imine (C=N–C) groups is 1. The zero-order valence-electron chi connectivity index (χ0n) is 15.8. The Labute approximate surface area is 166 Å². The molecule has 0 aromatic heterocycles. The van der Waals surface area contributed by atoms with Crippen LogP contribution in [0.4, 0.5) is 18.9 Å². The largest absolute Gasteiger partial charge is 0.416 e. The van der Waals surface area contributed by atoms with Crippen LogP contribution in [0.5, 0.6) is 0 Å². The van der Waals surface area contributed by atoms with E-state index < -0.39 is 17.6 Å². The van der Waals surface area contributed by atoms with Crippen molar-refractivity contribution in [2.45, 2.75) is 31.6 Å². The van der Waals surface area contributed by atoms with Gasteiger partial charge >= 0.3 is 6.18 Å². The molecule has 1 fully saturated rings. The quantitative estimate of drug-likeness (QED) is 0.737. The van der Waals surface area contributed by atoms with E-state index in [1.165, 1.54) is 12.1 Å². The van der Waals surface area contributed by atoms with Crippen molar-refractivity contribution >= 4 is 17.8 Å². The molecule has 2 aromatic carbocycles. The lowest BCUT2D eigenvalue weighted by Gasteiger charge is -2.16. The average molecular weight is 399 g/mol. The number of benzene rings is 2. The summed E-state index contributed by atoms with van der Waals surface area (Å²) in [5, 5.41) is 2.57. The van der Waals surface area contributed by atoms with Crippen LogP contribution in [0.15, 0.2) is 59.7 Å². The molecule has 0 aliphatic carbocycles. The number of alkyl halides is 3. The van der Waals surface area contributed by atoms with Crippen molar-refractivity contribution in [1.82, 2.24) is 4.90 Å². The molecule has 2 heterocycles. The van der Waals surface area contributed by atoms with Crippen LogP contribution in [-0.2, 0) is 6.18 Å². The van der Waals surface area contributed by atoms with Crippen molar-refractivity contribution in [1.29, 1.82) is 0 Å². The molecule has 2 aliphatic rings. The lowest BCUT2D eigenvalue weighted by atomic mass is 10.0. The Hall–Kier alpha value is -2.93. The summed E-state index contributed by atoms with van der Waals surface area (Å²) < 4.78 is 38.6. The highest BCUT2D eigenvalue weighted by atomic mass is 19.4. The third-order valence-corrected chi connectivity index (χ3v) is 5.25. The van der Waals surface area contributed by atoms with E-state index in [2.05, 4.69) is 15.2 Å². The molecule has 3 atom stereocenters. The molecule has 0 bridgehead atoms. The van der Waals surface area contributed by atoms with E-state index in [-0.39, 0.29) is 17.8 Å². The van der Waals surface area contributed by atoms with Crippen LogP contribution in [0.1, 0.15) is 39.5 Å². The van der Waals surface area contributed by atoms with Crippen molar-refractivity contribution in [3.05, 3.63) is 77.0 Å². The number of aryl methyl sites for hydroxylation is 1. The molecule has 7 heteroatoms. The Bertz CT molecular complexity index is 997. The SMILES string of the molecule is Cc1ccc(C(=O)Nc2cccc(C(F)(F)F)c2)cc1C1CN1C1C=NC=CC1. The van der Waals surface area contributed by atoms with Crippen molar-refractivity contribution < 1.29 is 18.0 Å². The number of halogens is 3. The van der Waals surface area contributed by atoms with Crippen molar-refractivity contribution in [3.8, 4) is 0 Å². The molecule has 150 valence electrons. The maximum atomic E-state index is 12.9. The third-order valence-electron chi connectivity index (χ3n) is 5.25. The van der Waals surface area contributed by atoms with Crippen LogP contribution in [0.25, 0.3) is 0 Å². The minimum Gasteiger partial charge on any atom is -0.322 e. The van der Waals surface area contributed by atoms with Gasteiger partial charge in [-0.05, 0) is 54.8 Å². The second-order valence-electron chi connectivity index (χ2n) is 7.30. The highest BCUT2D eigenvalue weighted by Gasteiger charge is 2.41. The van der Waals surface area contributed by atoms with E-state index in [0.717, 1.165) is 36.2 Å². The van der Waals surface area contributed by atoms with Crippen LogP contribution in [0, 0.1) is 6.92 Å². The molecule has 1 amide bonds. The fourth-order valence-electron chi connectivity index (χ4n) is 3.61. The Balaban J connectivity index is 1.50. The van der Waals surface area contributed by atoms with Gasteiger partial charge in [0.25, 0.3) is 5.91 Å². The summed E-state index contributed by atoms with van der Waals surface area (Å²) in [5.74, 6) is -0.431. The maximum Gasteiger partial charge on any atom is 0.416 e. The molecular formula is C22H20F3N3O. The summed E-state index contributed by atoms with van der Waals surface area (Å²) in [6.07, 6.45) is 2.21. The summed E-state index contributed by atoms with van der Waals surface area (Å²) in [6.45, 7) is 2.89. The van der Waals surface area contributed by atoms with Gasteiger partial charge in [-0.15, -0.1) is 0 Å². The normalized spacial score (nSPS) is 23.1. The van der Waals surface area contributed by atoms with E-state index in [1.807, 2.05) is 31.3 Å². The van der Waals surface area contributed by atoms with Gasteiger partial charge in [-0.25, -0.2) is 0 Å². The molecule has 1 N–H and O–H groups in total.